The van der Waals surface area contributed by atoms with Gasteiger partial charge in [0.1, 0.15) is 5.54 Å². The molecular weight excluding hydrogens is 204 g/mol. The van der Waals surface area contributed by atoms with Crippen molar-refractivity contribution < 1.29 is 4.79 Å². The van der Waals surface area contributed by atoms with Crippen LogP contribution in [-0.2, 0) is 7.05 Å². The van der Waals surface area contributed by atoms with Gasteiger partial charge in [0.15, 0.2) is 0 Å². The molecule has 5 nitrogen and oxygen atoms in total. The Hall–Kier alpha value is -1.83. The van der Waals surface area contributed by atoms with Crippen LogP contribution in [0.25, 0.3) is 0 Å². The van der Waals surface area contributed by atoms with E-state index in [0.29, 0.717) is 11.3 Å². The lowest BCUT2D eigenvalue weighted by Gasteiger charge is -2.17. The molecule has 0 aliphatic rings. The predicted molar refractivity (Wildman–Crippen MR) is 59.8 cm³/mol. The molecule has 0 aromatic carbocycles. The van der Waals surface area contributed by atoms with E-state index < -0.39 is 5.54 Å². The Labute approximate surface area is 95.1 Å². The van der Waals surface area contributed by atoms with E-state index in [0.717, 1.165) is 5.69 Å². The highest BCUT2D eigenvalue weighted by molar-refractivity contribution is 5.97. The molecule has 1 rings (SSSR count). The Morgan fingerprint density at radius 3 is 2.44 bits per heavy atom. The van der Waals surface area contributed by atoms with Gasteiger partial charge in [0, 0.05) is 12.7 Å². The summed E-state index contributed by atoms with van der Waals surface area (Å²) in [7, 11) is 1.79. The molecule has 1 amide bonds. The summed E-state index contributed by atoms with van der Waals surface area (Å²) in [6, 6.07) is 2.03. The predicted octanol–water partition coefficient (Wildman–Crippen LogP) is 1.07. The van der Waals surface area contributed by atoms with Crippen molar-refractivity contribution in [3.63, 3.8) is 0 Å². The van der Waals surface area contributed by atoms with Crippen LogP contribution in [0.4, 0.5) is 0 Å². The Morgan fingerprint density at radius 1 is 1.50 bits per heavy atom. The van der Waals surface area contributed by atoms with Crippen LogP contribution >= 0.6 is 0 Å². The van der Waals surface area contributed by atoms with Gasteiger partial charge in [-0.15, -0.1) is 0 Å². The van der Waals surface area contributed by atoms with Gasteiger partial charge in [0.05, 0.1) is 17.3 Å². The van der Waals surface area contributed by atoms with E-state index in [1.165, 1.54) is 0 Å². The number of amides is 1. The summed E-state index contributed by atoms with van der Waals surface area (Å²) in [6.45, 7) is 6.92. The fraction of sp³-hybridized carbons (Fsp3) is 0.545. The summed E-state index contributed by atoms with van der Waals surface area (Å²) in [5.74, 6) is -0.255. The van der Waals surface area contributed by atoms with E-state index in [-0.39, 0.29) is 5.91 Å². The summed E-state index contributed by atoms with van der Waals surface area (Å²) in [6.07, 6.45) is 0. The molecule has 5 heteroatoms. The molecule has 1 N–H and O–H groups in total. The maximum atomic E-state index is 12.0. The molecule has 1 aromatic heterocycles. The molecule has 1 heterocycles. The van der Waals surface area contributed by atoms with Crippen LogP contribution in [0.1, 0.15) is 35.6 Å². The summed E-state index contributed by atoms with van der Waals surface area (Å²) < 4.78 is 1.66. The lowest BCUT2D eigenvalue weighted by molar-refractivity contribution is 0.0928. The van der Waals surface area contributed by atoms with Crippen molar-refractivity contribution >= 4 is 5.91 Å². The molecule has 0 aliphatic heterocycles. The number of nitrogens with one attached hydrogen (secondary N) is 1. The van der Waals surface area contributed by atoms with E-state index in [1.54, 1.807) is 32.5 Å². The zero-order valence-electron chi connectivity index (χ0n) is 10.2. The van der Waals surface area contributed by atoms with Crippen LogP contribution in [0.3, 0.4) is 0 Å². The average molecular weight is 220 g/mol. The third-order valence-electron chi connectivity index (χ3n) is 2.44. The number of rotatable bonds is 2. The first-order valence-electron chi connectivity index (χ1n) is 5.02. The lowest BCUT2D eigenvalue weighted by Crippen LogP contribution is -2.42. The minimum atomic E-state index is -0.869. The van der Waals surface area contributed by atoms with Crippen molar-refractivity contribution in [2.24, 2.45) is 7.05 Å². The summed E-state index contributed by atoms with van der Waals surface area (Å²) >= 11 is 0. The second-order valence-corrected chi connectivity index (χ2v) is 4.36. The summed E-state index contributed by atoms with van der Waals surface area (Å²) in [5, 5.41) is 15.7. The second kappa shape index (κ2) is 3.97. The van der Waals surface area contributed by atoms with Crippen LogP contribution in [0.5, 0.6) is 0 Å². The fourth-order valence-electron chi connectivity index (χ4n) is 1.48. The van der Waals surface area contributed by atoms with Crippen molar-refractivity contribution in [2.45, 2.75) is 33.2 Å². The molecule has 0 spiro atoms. The second-order valence-electron chi connectivity index (χ2n) is 4.36. The number of hydrogen-bond donors (Lipinski definition) is 1. The van der Waals surface area contributed by atoms with Crippen molar-refractivity contribution in [2.75, 3.05) is 0 Å². The number of carbonyl (C=O) groups excluding carboxylic acids is 1. The molecule has 86 valence electrons. The highest BCUT2D eigenvalue weighted by Crippen LogP contribution is 2.13. The SMILES string of the molecule is Cc1nn(C)c(C)c1C(=O)NC(C)(C)C#N. The number of carbonyl (C=O) groups is 1. The first-order valence-corrected chi connectivity index (χ1v) is 5.02. The average Bonchev–Trinajstić information content (AvgIpc) is 2.40. The first-order chi connectivity index (χ1) is 7.28. The standard InChI is InChI=1S/C11H16N4O/c1-7-9(8(2)15(5)14-7)10(16)13-11(3,4)6-12/h1-5H3,(H,13,16). The summed E-state index contributed by atoms with van der Waals surface area (Å²) in [5.41, 5.74) is 1.15. The van der Waals surface area contributed by atoms with Crippen molar-refractivity contribution in [3.05, 3.63) is 17.0 Å². The largest absolute Gasteiger partial charge is 0.334 e. The minimum Gasteiger partial charge on any atom is -0.334 e. The van der Waals surface area contributed by atoms with Crippen molar-refractivity contribution in [3.8, 4) is 6.07 Å². The quantitative estimate of drug-likeness (QED) is 0.810. The van der Waals surface area contributed by atoms with Crippen LogP contribution in [0, 0.1) is 25.2 Å². The van der Waals surface area contributed by atoms with E-state index in [9.17, 15) is 4.79 Å². The maximum Gasteiger partial charge on any atom is 0.256 e. The molecule has 0 aliphatic carbocycles. The molecule has 0 fully saturated rings. The first kappa shape index (κ1) is 12.2. The number of aryl methyl sites for hydroxylation is 2. The van der Waals surface area contributed by atoms with Gasteiger partial charge in [0.2, 0.25) is 0 Å². The van der Waals surface area contributed by atoms with Gasteiger partial charge in [-0.3, -0.25) is 9.48 Å². The topological polar surface area (TPSA) is 70.7 Å². The fourth-order valence-corrected chi connectivity index (χ4v) is 1.48. The van der Waals surface area contributed by atoms with E-state index in [1.807, 2.05) is 13.0 Å². The molecule has 0 saturated carbocycles. The van der Waals surface area contributed by atoms with Gasteiger partial charge >= 0.3 is 0 Å². The van der Waals surface area contributed by atoms with Crippen LogP contribution in [0.2, 0.25) is 0 Å². The minimum absolute atomic E-state index is 0.255. The highest BCUT2D eigenvalue weighted by atomic mass is 16.1. The molecule has 0 radical (unpaired) electrons. The number of aromatic nitrogens is 2. The number of hydrogen-bond acceptors (Lipinski definition) is 3. The van der Waals surface area contributed by atoms with Crippen LogP contribution in [-0.4, -0.2) is 21.2 Å². The maximum absolute atomic E-state index is 12.0. The molecule has 0 unspecified atom stereocenters. The van der Waals surface area contributed by atoms with E-state index in [4.69, 9.17) is 5.26 Å². The normalized spacial score (nSPS) is 11.0. The number of nitriles is 1. The van der Waals surface area contributed by atoms with E-state index >= 15 is 0 Å². The molecule has 0 saturated heterocycles. The van der Waals surface area contributed by atoms with Crippen LogP contribution < -0.4 is 5.32 Å². The van der Waals surface area contributed by atoms with Crippen LogP contribution in [0.15, 0.2) is 0 Å². The number of nitrogens with zero attached hydrogens (tertiary/aromatic N) is 3. The smallest absolute Gasteiger partial charge is 0.256 e. The highest BCUT2D eigenvalue weighted by Gasteiger charge is 2.24. The molecule has 0 atom stereocenters. The Kier molecular flexibility index (Phi) is 3.04. The molecular formula is C11H16N4O. The zero-order chi connectivity index (χ0) is 12.5. The lowest BCUT2D eigenvalue weighted by atomic mass is 10.1. The van der Waals surface area contributed by atoms with Gasteiger partial charge in [-0.25, -0.2) is 0 Å². The third kappa shape index (κ3) is 2.22. The third-order valence-corrected chi connectivity index (χ3v) is 2.44. The van der Waals surface area contributed by atoms with Gasteiger partial charge in [0.25, 0.3) is 5.91 Å². The van der Waals surface area contributed by atoms with Gasteiger partial charge in [-0.1, -0.05) is 0 Å². The van der Waals surface area contributed by atoms with Gasteiger partial charge < -0.3 is 5.32 Å². The molecule has 0 bridgehead atoms. The zero-order valence-corrected chi connectivity index (χ0v) is 10.2. The Balaban J connectivity index is 3.03. The Morgan fingerprint density at radius 2 is 2.06 bits per heavy atom. The Bertz CT molecular complexity index is 465. The van der Waals surface area contributed by atoms with E-state index in [2.05, 4.69) is 10.4 Å². The summed E-state index contributed by atoms with van der Waals surface area (Å²) in [4.78, 5) is 12.0. The van der Waals surface area contributed by atoms with Crippen molar-refractivity contribution in [1.82, 2.24) is 15.1 Å². The van der Waals surface area contributed by atoms with Gasteiger partial charge in [-0.2, -0.15) is 10.4 Å². The monoisotopic (exact) mass is 220 g/mol. The van der Waals surface area contributed by atoms with Crippen molar-refractivity contribution in [1.29, 1.82) is 5.26 Å². The van der Waals surface area contributed by atoms with Gasteiger partial charge in [-0.05, 0) is 27.7 Å². The molecule has 16 heavy (non-hydrogen) atoms. The molecule has 1 aromatic rings.